The van der Waals surface area contributed by atoms with Crippen LogP contribution >= 0.6 is 11.6 Å². The minimum Gasteiger partial charge on any atom is -0.481 e. The van der Waals surface area contributed by atoms with Gasteiger partial charge in [-0.3, -0.25) is 4.79 Å². The minimum absolute atomic E-state index is 0.205. The topological polar surface area (TPSA) is 42.2 Å². The lowest BCUT2D eigenvalue weighted by Gasteiger charge is -2.01. The quantitative estimate of drug-likeness (QED) is 0.919. The second-order valence-electron chi connectivity index (χ2n) is 4.53. The van der Waals surface area contributed by atoms with Gasteiger partial charge in [-0.1, -0.05) is 11.6 Å². The summed E-state index contributed by atoms with van der Waals surface area (Å²) in [7, 11) is 2.02. The number of hydrogen-bond donors (Lipinski definition) is 1. The van der Waals surface area contributed by atoms with Crippen LogP contribution in [-0.2, 0) is 18.3 Å². The summed E-state index contributed by atoms with van der Waals surface area (Å²) in [6.45, 7) is 2.06. The van der Waals surface area contributed by atoms with Gasteiger partial charge in [0.15, 0.2) is 0 Å². The number of hydrogen-bond acceptors (Lipinski definition) is 1. The first-order chi connectivity index (χ1) is 8.50. The van der Waals surface area contributed by atoms with Crippen LogP contribution < -0.4 is 0 Å². The Labute approximate surface area is 111 Å². The Bertz CT molecular complexity index is 601. The van der Waals surface area contributed by atoms with E-state index in [0.717, 1.165) is 17.3 Å². The molecule has 2 rings (SSSR count). The second kappa shape index (κ2) is 5.02. The van der Waals surface area contributed by atoms with E-state index in [2.05, 4.69) is 11.5 Å². The molecule has 2 aromatic rings. The van der Waals surface area contributed by atoms with Crippen molar-refractivity contribution >= 4 is 28.5 Å². The number of carboxylic acids is 1. The summed E-state index contributed by atoms with van der Waals surface area (Å²) in [5, 5.41) is 10.5. The van der Waals surface area contributed by atoms with Gasteiger partial charge in [-0.15, -0.1) is 0 Å². The zero-order valence-corrected chi connectivity index (χ0v) is 11.3. The molecule has 18 heavy (non-hydrogen) atoms. The molecular weight excluding hydrogens is 250 g/mol. The van der Waals surface area contributed by atoms with Crippen LogP contribution in [0.25, 0.3) is 10.9 Å². The Morgan fingerprint density at radius 2 is 2.17 bits per heavy atom. The third-order valence-corrected chi connectivity index (χ3v) is 3.64. The van der Waals surface area contributed by atoms with Gasteiger partial charge in [-0.25, -0.2) is 0 Å². The highest BCUT2D eigenvalue weighted by Gasteiger charge is 2.12. The molecule has 1 N–H and O–H groups in total. The largest absolute Gasteiger partial charge is 0.481 e. The summed E-state index contributed by atoms with van der Waals surface area (Å²) in [6, 6.07) is 5.84. The average Bonchev–Trinajstić information content (AvgIpc) is 2.53. The first kappa shape index (κ1) is 13.0. The van der Waals surface area contributed by atoms with Gasteiger partial charge in [-0.05, 0) is 43.5 Å². The lowest BCUT2D eigenvalue weighted by molar-refractivity contribution is -0.137. The van der Waals surface area contributed by atoms with Crippen LogP contribution in [-0.4, -0.2) is 15.6 Å². The van der Waals surface area contributed by atoms with E-state index in [0.29, 0.717) is 11.4 Å². The summed E-state index contributed by atoms with van der Waals surface area (Å²) in [5.74, 6) is -0.745. The van der Waals surface area contributed by atoms with E-state index in [-0.39, 0.29) is 6.42 Å². The van der Waals surface area contributed by atoms with Crippen molar-refractivity contribution in [1.82, 2.24) is 4.57 Å². The Balaban J connectivity index is 2.39. The number of carbonyl (C=O) groups is 1. The lowest BCUT2D eigenvalue weighted by atomic mass is 10.0. The highest BCUT2D eigenvalue weighted by Crippen LogP contribution is 2.28. The standard InChI is InChI=1S/C14H16ClNO2/c1-9-11(4-3-5-14(17)18)12-8-10(15)6-7-13(12)16(9)2/h6-8H,3-5H2,1-2H3,(H,17,18). The maximum absolute atomic E-state index is 10.6. The minimum atomic E-state index is -0.745. The van der Waals surface area contributed by atoms with E-state index in [1.54, 1.807) is 0 Å². The molecule has 0 aliphatic rings. The predicted octanol–water partition coefficient (Wildman–Crippen LogP) is 3.55. The van der Waals surface area contributed by atoms with Gasteiger partial charge in [0, 0.05) is 35.1 Å². The third kappa shape index (κ3) is 2.36. The van der Waals surface area contributed by atoms with E-state index in [1.165, 1.54) is 11.3 Å². The number of rotatable bonds is 4. The monoisotopic (exact) mass is 265 g/mol. The zero-order chi connectivity index (χ0) is 13.3. The van der Waals surface area contributed by atoms with Gasteiger partial charge in [0.2, 0.25) is 0 Å². The number of carboxylic acid groups (broad SMARTS) is 1. The number of fused-ring (bicyclic) bond motifs is 1. The van der Waals surface area contributed by atoms with Crippen molar-refractivity contribution in [1.29, 1.82) is 0 Å². The highest BCUT2D eigenvalue weighted by atomic mass is 35.5. The van der Waals surface area contributed by atoms with Gasteiger partial charge < -0.3 is 9.67 Å². The van der Waals surface area contributed by atoms with E-state index in [9.17, 15) is 4.79 Å². The number of aryl methyl sites for hydroxylation is 2. The van der Waals surface area contributed by atoms with Crippen molar-refractivity contribution in [3.05, 3.63) is 34.5 Å². The van der Waals surface area contributed by atoms with Crippen molar-refractivity contribution in [3.63, 3.8) is 0 Å². The molecule has 1 aromatic heterocycles. The number of nitrogens with zero attached hydrogens (tertiary/aromatic N) is 1. The van der Waals surface area contributed by atoms with Gasteiger partial charge in [0.25, 0.3) is 0 Å². The maximum Gasteiger partial charge on any atom is 0.303 e. The molecule has 0 unspecified atom stereocenters. The average molecular weight is 266 g/mol. The summed E-state index contributed by atoms with van der Waals surface area (Å²) in [5.41, 5.74) is 3.52. The molecule has 0 saturated heterocycles. The van der Waals surface area contributed by atoms with Crippen molar-refractivity contribution in [3.8, 4) is 0 Å². The molecule has 0 radical (unpaired) electrons. The molecule has 0 spiro atoms. The van der Waals surface area contributed by atoms with Crippen molar-refractivity contribution < 1.29 is 9.90 Å². The van der Waals surface area contributed by atoms with Crippen LogP contribution in [0.1, 0.15) is 24.1 Å². The van der Waals surface area contributed by atoms with Crippen LogP contribution in [0.5, 0.6) is 0 Å². The molecule has 0 bridgehead atoms. The molecule has 0 saturated carbocycles. The summed E-state index contributed by atoms with van der Waals surface area (Å²) in [4.78, 5) is 10.6. The van der Waals surface area contributed by atoms with Gasteiger partial charge in [0.1, 0.15) is 0 Å². The van der Waals surface area contributed by atoms with Crippen LogP contribution in [0.2, 0.25) is 5.02 Å². The van der Waals surface area contributed by atoms with Crippen molar-refractivity contribution in [2.45, 2.75) is 26.2 Å². The van der Waals surface area contributed by atoms with Gasteiger partial charge in [-0.2, -0.15) is 0 Å². The molecule has 0 amide bonds. The predicted molar refractivity (Wildman–Crippen MR) is 73.2 cm³/mol. The van der Waals surface area contributed by atoms with Crippen LogP contribution in [0.3, 0.4) is 0 Å². The van der Waals surface area contributed by atoms with Crippen LogP contribution in [0, 0.1) is 6.92 Å². The molecule has 0 aliphatic heterocycles. The SMILES string of the molecule is Cc1c(CCCC(=O)O)c2cc(Cl)ccc2n1C. The van der Waals surface area contributed by atoms with Gasteiger partial charge >= 0.3 is 5.97 Å². The summed E-state index contributed by atoms with van der Waals surface area (Å²) >= 11 is 6.03. The second-order valence-corrected chi connectivity index (χ2v) is 4.97. The molecular formula is C14H16ClNO2. The first-order valence-corrected chi connectivity index (χ1v) is 6.33. The Kier molecular flexibility index (Phi) is 3.62. The van der Waals surface area contributed by atoms with Crippen LogP contribution in [0.4, 0.5) is 0 Å². The number of aliphatic carboxylic acids is 1. The maximum atomic E-state index is 10.6. The van der Waals surface area contributed by atoms with E-state index >= 15 is 0 Å². The van der Waals surface area contributed by atoms with Crippen molar-refractivity contribution in [2.24, 2.45) is 7.05 Å². The normalized spacial score (nSPS) is 11.1. The molecule has 96 valence electrons. The summed E-state index contributed by atoms with van der Waals surface area (Å²) in [6.07, 6.45) is 1.63. The fraction of sp³-hybridized carbons (Fsp3) is 0.357. The number of benzene rings is 1. The van der Waals surface area contributed by atoms with E-state index < -0.39 is 5.97 Å². The van der Waals surface area contributed by atoms with Crippen LogP contribution in [0.15, 0.2) is 18.2 Å². The molecule has 0 atom stereocenters. The van der Waals surface area contributed by atoms with E-state index in [4.69, 9.17) is 16.7 Å². The Hall–Kier alpha value is -1.48. The Morgan fingerprint density at radius 1 is 1.44 bits per heavy atom. The highest BCUT2D eigenvalue weighted by molar-refractivity contribution is 6.31. The number of halogens is 1. The fourth-order valence-corrected chi connectivity index (χ4v) is 2.52. The molecule has 1 heterocycles. The molecule has 1 aromatic carbocycles. The fourth-order valence-electron chi connectivity index (χ4n) is 2.35. The molecule has 4 heteroatoms. The van der Waals surface area contributed by atoms with E-state index in [1.807, 2.05) is 25.2 Å². The first-order valence-electron chi connectivity index (χ1n) is 5.96. The van der Waals surface area contributed by atoms with Crippen molar-refractivity contribution in [2.75, 3.05) is 0 Å². The number of aromatic nitrogens is 1. The summed E-state index contributed by atoms with van der Waals surface area (Å²) < 4.78 is 2.13. The zero-order valence-electron chi connectivity index (χ0n) is 10.5. The molecule has 3 nitrogen and oxygen atoms in total. The smallest absolute Gasteiger partial charge is 0.303 e. The molecule has 0 aliphatic carbocycles. The Morgan fingerprint density at radius 3 is 2.83 bits per heavy atom. The lowest BCUT2D eigenvalue weighted by Crippen LogP contribution is -1.97. The van der Waals surface area contributed by atoms with Gasteiger partial charge in [0.05, 0.1) is 0 Å². The molecule has 0 fully saturated rings. The third-order valence-electron chi connectivity index (χ3n) is 3.40.